The van der Waals surface area contributed by atoms with E-state index in [1.165, 1.54) is 16.3 Å². The molecule has 0 aliphatic rings. The molecule has 14 heavy (non-hydrogen) atoms. The molecular weight excluding hydrogens is 192 g/mol. The molecule has 1 aromatic heterocycles. The second kappa shape index (κ2) is 4.89. The van der Waals surface area contributed by atoms with Crippen LogP contribution in [0.15, 0.2) is 6.20 Å². The van der Waals surface area contributed by atoms with Gasteiger partial charge >= 0.3 is 0 Å². The minimum Gasteiger partial charge on any atom is -0.320 e. The van der Waals surface area contributed by atoms with E-state index in [9.17, 15) is 0 Å². The number of thiazole rings is 1. The summed E-state index contributed by atoms with van der Waals surface area (Å²) in [5.74, 6) is 0. The van der Waals surface area contributed by atoms with Crippen molar-refractivity contribution in [1.82, 2.24) is 10.3 Å². The smallest absolute Gasteiger partial charge is 0.0981 e. The maximum Gasteiger partial charge on any atom is 0.0981 e. The Morgan fingerprint density at radius 1 is 1.43 bits per heavy atom. The fourth-order valence-corrected chi connectivity index (χ4v) is 2.22. The number of aryl methyl sites for hydroxylation is 1. The predicted octanol–water partition coefficient (Wildman–Crippen LogP) is 2.59. The molecule has 0 aliphatic heterocycles. The molecule has 1 aromatic rings. The van der Waals surface area contributed by atoms with Crippen molar-refractivity contribution in [2.45, 2.75) is 39.0 Å². The van der Waals surface area contributed by atoms with Gasteiger partial charge in [0.15, 0.2) is 0 Å². The molecule has 0 radical (unpaired) electrons. The minimum absolute atomic E-state index is 0.200. The van der Waals surface area contributed by atoms with Crippen molar-refractivity contribution >= 4 is 11.3 Å². The van der Waals surface area contributed by atoms with Gasteiger partial charge in [-0.1, -0.05) is 20.8 Å². The molecule has 1 N–H and O–H groups in total. The molecule has 0 amide bonds. The topological polar surface area (TPSA) is 24.9 Å². The van der Waals surface area contributed by atoms with Gasteiger partial charge in [0.05, 0.1) is 5.01 Å². The first kappa shape index (κ1) is 11.7. The van der Waals surface area contributed by atoms with Gasteiger partial charge in [0.2, 0.25) is 0 Å². The molecule has 1 rings (SSSR count). The highest BCUT2D eigenvalue weighted by molar-refractivity contribution is 7.11. The van der Waals surface area contributed by atoms with Gasteiger partial charge in [-0.25, -0.2) is 4.98 Å². The number of nitrogens with one attached hydrogen (secondary N) is 1. The molecule has 0 unspecified atom stereocenters. The Bertz CT molecular complexity index is 273. The second-order valence-corrected chi connectivity index (χ2v) is 5.70. The average molecular weight is 212 g/mol. The highest BCUT2D eigenvalue weighted by atomic mass is 32.1. The molecule has 80 valence electrons. The first-order valence-corrected chi connectivity index (χ1v) is 5.95. The lowest BCUT2D eigenvalue weighted by molar-refractivity contribution is 0.585. The van der Waals surface area contributed by atoms with Crippen molar-refractivity contribution in [2.75, 3.05) is 13.6 Å². The number of rotatable bonds is 4. The summed E-state index contributed by atoms with van der Waals surface area (Å²) in [6, 6.07) is 0. The van der Waals surface area contributed by atoms with Crippen LogP contribution >= 0.6 is 11.3 Å². The van der Waals surface area contributed by atoms with Gasteiger partial charge in [0.1, 0.15) is 0 Å². The maximum atomic E-state index is 4.46. The van der Waals surface area contributed by atoms with Crippen molar-refractivity contribution in [2.24, 2.45) is 0 Å². The summed E-state index contributed by atoms with van der Waals surface area (Å²) in [7, 11) is 1.99. The Labute approximate surface area is 90.8 Å². The third-order valence-corrected chi connectivity index (χ3v) is 3.53. The van der Waals surface area contributed by atoms with Crippen LogP contribution in [0.5, 0.6) is 0 Å². The van der Waals surface area contributed by atoms with Crippen molar-refractivity contribution in [3.63, 3.8) is 0 Å². The van der Waals surface area contributed by atoms with Crippen LogP contribution in [0.4, 0.5) is 0 Å². The molecule has 3 heteroatoms. The van der Waals surface area contributed by atoms with Crippen LogP contribution in [-0.2, 0) is 11.8 Å². The summed E-state index contributed by atoms with van der Waals surface area (Å²) in [6.45, 7) is 7.72. The van der Waals surface area contributed by atoms with Gasteiger partial charge in [0.25, 0.3) is 0 Å². The summed E-state index contributed by atoms with van der Waals surface area (Å²) in [5, 5.41) is 4.41. The Morgan fingerprint density at radius 3 is 2.64 bits per heavy atom. The molecule has 0 saturated carbocycles. The van der Waals surface area contributed by atoms with Gasteiger partial charge < -0.3 is 5.32 Å². The standard InChI is InChI=1S/C11H20N2S/c1-11(2,3)10-13-8-9(14-10)6-5-7-12-4/h8,12H,5-7H2,1-4H3. The minimum atomic E-state index is 0.200. The van der Waals surface area contributed by atoms with Crippen LogP contribution in [0.1, 0.15) is 37.1 Å². The zero-order valence-corrected chi connectivity index (χ0v) is 10.4. The molecule has 0 aliphatic carbocycles. The molecule has 0 fully saturated rings. The Balaban J connectivity index is 2.51. The van der Waals surface area contributed by atoms with Crippen LogP contribution in [0, 0.1) is 0 Å². The van der Waals surface area contributed by atoms with Crippen LogP contribution in [0.2, 0.25) is 0 Å². The quantitative estimate of drug-likeness (QED) is 0.776. The molecule has 0 saturated heterocycles. The van der Waals surface area contributed by atoms with E-state index >= 15 is 0 Å². The fourth-order valence-electron chi connectivity index (χ4n) is 1.21. The Kier molecular flexibility index (Phi) is 4.08. The lowest BCUT2D eigenvalue weighted by atomic mass is 9.98. The molecule has 0 aromatic carbocycles. The van der Waals surface area contributed by atoms with Crippen molar-refractivity contribution in [1.29, 1.82) is 0 Å². The molecule has 2 nitrogen and oxygen atoms in total. The fraction of sp³-hybridized carbons (Fsp3) is 0.727. The van der Waals surface area contributed by atoms with Gasteiger partial charge in [-0.2, -0.15) is 0 Å². The maximum absolute atomic E-state index is 4.46. The highest BCUT2D eigenvalue weighted by Gasteiger charge is 2.17. The van der Waals surface area contributed by atoms with E-state index in [-0.39, 0.29) is 5.41 Å². The SMILES string of the molecule is CNCCCc1cnc(C(C)(C)C)s1. The van der Waals surface area contributed by atoms with E-state index in [0.29, 0.717) is 0 Å². The van der Waals surface area contributed by atoms with Crippen molar-refractivity contribution in [3.05, 3.63) is 16.1 Å². The first-order valence-electron chi connectivity index (χ1n) is 5.14. The van der Waals surface area contributed by atoms with Crippen molar-refractivity contribution < 1.29 is 0 Å². The number of nitrogens with zero attached hydrogens (tertiary/aromatic N) is 1. The Hall–Kier alpha value is -0.410. The molecule has 1 heterocycles. The summed E-state index contributed by atoms with van der Waals surface area (Å²) >= 11 is 1.85. The predicted molar refractivity (Wildman–Crippen MR) is 63.1 cm³/mol. The molecular formula is C11H20N2S. The number of aromatic nitrogens is 1. The van der Waals surface area contributed by atoms with E-state index in [1.807, 2.05) is 24.6 Å². The van der Waals surface area contributed by atoms with Gasteiger partial charge in [0, 0.05) is 16.5 Å². The normalized spacial score (nSPS) is 12.0. The zero-order valence-electron chi connectivity index (χ0n) is 9.55. The largest absolute Gasteiger partial charge is 0.320 e. The van der Waals surface area contributed by atoms with Crippen LogP contribution in [-0.4, -0.2) is 18.6 Å². The van der Waals surface area contributed by atoms with Gasteiger partial charge in [-0.05, 0) is 26.4 Å². The first-order chi connectivity index (χ1) is 6.54. The lowest BCUT2D eigenvalue weighted by Crippen LogP contribution is -2.09. The average Bonchev–Trinajstić information content (AvgIpc) is 2.52. The Morgan fingerprint density at radius 2 is 2.14 bits per heavy atom. The molecule has 0 bridgehead atoms. The lowest BCUT2D eigenvalue weighted by Gasteiger charge is -2.13. The summed E-state index contributed by atoms with van der Waals surface area (Å²) in [5.41, 5.74) is 0.200. The molecule has 0 spiro atoms. The number of hydrogen-bond acceptors (Lipinski definition) is 3. The third kappa shape index (κ3) is 3.39. The van der Waals surface area contributed by atoms with E-state index in [0.717, 1.165) is 13.0 Å². The summed E-state index contributed by atoms with van der Waals surface area (Å²) in [4.78, 5) is 5.87. The van der Waals surface area contributed by atoms with Crippen LogP contribution < -0.4 is 5.32 Å². The van der Waals surface area contributed by atoms with Crippen LogP contribution in [0.25, 0.3) is 0 Å². The zero-order chi connectivity index (χ0) is 10.6. The monoisotopic (exact) mass is 212 g/mol. The summed E-state index contributed by atoms with van der Waals surface area (Å²) in [6.07, 6.45) is 4.37. The van der Waals surface area contributed by atoms with Gasteiger partial charge in [-0.3, -0.25) is 0 Å². The second-order valence-electron chi connectivity index (χ2n) is 4.59. The van der Waals surface area contributed by atoms with Crippen molar-refractivity contribution in [3.8, 4) is 0 Å². The van der Waals surface area contributed by atoms with E-state index < -0.39 is 0 Å². The third-order valence-electron chi connectivity index (χ3n) is 2.05. The number of hydrogen-bond donors (Lipinski definition) is 1. The summed E-state index contributed by atoms with van der Waals surface area (Å²) < 4.78 is 0. The van der Waals surface area contributed by atoms with E-state index in [2.05, 4.69) is 31.1 Å². The van der Waals surface area contributed by atoms with E-state index in [1.54, 1.807) is 0 Å². The van der Waals surface area contributed by atoms with E-state index in [4.69, 9.17) is 0 Å². The highest BCUT2D eigenvalue weighted by Crippen LogP contribution is 2.27. The molecule has 0 atom stereocenters. The van der Waals surface area contributed by atoms with Crippen LogP contribution in [0.3, 0.4) is 0 Å². The van der Waals surface area contributed by atoms with Gasteiger partial charge in [-0.15, -0.1) is 11.3 Å².